The minimum atomic E-state index is -4.59. The fourth-order valence-electron chi connectivity index (χ4n) is 1.70. The van der Waals surface area contributed by atoms with Crippen LogP contribution in [0.2, 0.25) is 18.1 Å². The number of aliphatic hydroxyl groups is 1. The van der Waals surface area contributed by atoms with Gasteiger partial charge in [-0.1, -0.05) is 67.0 Å². The van der Waals surface area contributed by atoms with Crippen molar-refractivity contribution >= 4 is 24.2 Å². The largest absolute Gasteiger partial charge is 0.415 e. The summed E-state index contributed by atoms with van der Waals surface area (Å²) in [7, 11) is -2.34. The first-order valence-corrected chi connectivity index (χ1v) is 11.3. The lowest BCUT2D eigenvalue weighted by Gasteiger charge is -2.36. The van der Waals surface area contributed by atoms with Gasteiger partial charge in [-0.3, -0.25) is 0 Å². The molecule has 0 aliphatic heterocycles. The molecule has 0 fully saturated rings. The van der Waals surface area contributed by atoms with Crippen LogP contribution in [-0.2, 0) is 4.43 Å². The molecule has 0 radical (unpaired) electrons. The standard InChI is InChI=1S/C17H24BrF3O2Si/c1-16(2,3)24(4,5)23-11-13(17(19,20)21)14(18)15(22)12-9-7-6-8-10-12/h6-10,15,22H,11H2,1-5H3/b14-13+. The Balaban J connectivity index is 3.13. The van der Waals surface area contributed by atoms with Gasteiger partial charge in [0, 0.05) is 4.48 Å². The van der Waals surface area contributed by atoms with Gasteiger partial charge in [0.2, 0.25) is 0 Å². The van der Waals surface area contributed by atoms with Crippen molar-refractivity contribution in [3.63, 3.8) is 0 Å². The van der Waals surface area contributed by atoms with Gasteiger partial charge in [-0.05, 0) is 23.7 Å². The second kappa shape index (κ2) is 7.72. The summed E-state index contributed by atoms with van der Waals surface area (Å²) in [6, 6.07) is 8.22. The van der Waals surface area contributed by atoms with E-state index in [1.165, 1.54) is 0 Å². The third kappa shape index (κ3) is 5.44. The normalized spacial score (nSPS) is 15.9. The highest BCUT2D eigenvalue weighted by atomic mass is 79.9. The lowest BCUT2D eigenvalue weighted by Crippen LogP contribution is -2.42. The maximum absolute atomic E-state index is 13.5. The van der Waals surface area contributed by atoms with Gasteiger partial charge in [0.05, 0.1) is 12.2 Å². The van der Waals surface area contributed by atoms with Crippen LogP contribution in [-0.4, -0.2) is 26.2 Å². The summed E-state index contributed by atoms with van der Waals surface area (Å²) in [5, 5.41) is 10.1. The maximum Gasteiger partial charge on any atom is 0.415 e. The van der Waals surface area contributed by atoms with E-state index >= 15 is 0 Å². The van der Waals surface area contributed by atoms with Crippen LogP contribution in [0.1, 0.15) is 32.4 Å². The number of alkyl halides is 3. The molecule has 0 saturated heterocycles. The van der Waals surface area contributed by atoms with Crippen molar-refractivity contribution in [2.45, 2.75) is 51.2 Å². The molecule has 0 aliphatic rings. The predicted molar refractivity (Wildman–Crippen MR) is 96.6 cm³/mol. The molecule has 0 spiro atoms. The molecule has 24 heavy (non-hydrogen) atoms. The Labute approximate surface area is 151 Å². The van der Waals surface area contributed by atoms with Crippen LogP contribution in [0.5, 0.6) is 0 Å². The summed E-state index contributed by atoms with van der Waals surface area (Å²) in [4.78, 5) is 0. The van der Waals surface area contributed by atoms with Gasteiger partial charge >= 0.3 is 6.18 Å². The van der Waals surface area contributed by atoms with Crippen molar-refractivity contribution in [2.75, 3.05) is 6.61 Å². The van der Waals surface area contributed by atoms with Gasteiger partial charge in [-0.15, -0.1) is 0 Å². The molecule has 0 saturated carbocycles. The highest BCUT2D eigenvalue weighted by Gasteiger charge is 2.42. The molecule has 1 unspecified atom stereocenters. The van der Waals surface area contributed by atoms with Crippen molar-refractivity contribution in [2.24, 2.45) is 0 Å². The zero-order valence-electron chi connectivity index (χ0n) is 14.5. The fraction of sp³-hybridized carbons (Fsp3) is 0.529. The van der Waals surface area contributed by atoms with Gasteiger partial charge in [-0.25, -0.2) is 0 Å². The highest BCUT2D eigenvalue weighted by Crippen LogP contribution is 2.40. The number of rotatable bonds is 5. The van der Waals surface area contributed by atoms with Crippen LogP contribution in [0.15, 0.2) is 40.4 Å². The van der Waals surface area contributed by atoms with Crippen LogP contribution >= 0.6 is 15.9 Å². The zero-order valence-corrected chi connectivity index (χ0v) is 17.1. The number of benzene rings is 1. The lowest BCUT2D eigenvalue weighted by molar-refractivity contribution is -0.0982. The Morgan fingerprint density at radius 1 is 1.17 bits per heavy atom. The summed E-state index contributed by atoms with van der Waals surface area (Å²) in [6.07, 6.45) is -5.97. The van der Waals surface area contributed by atoms with Gasteiger partial charge in [0.15, 0.2) is 8.32 Å². The first-order chi connectivity index (χ1) is 10.8. The minimum Gasteiger partial charge on any atom is -0.413 e. The summed E-state index contributed by atoms with van der Waals surface area (Å²) < 4.78 is 45.8. The van der Waals surface area contributed by atoms with Crippen LogP contribution < -0.4 is 0 Å². The second-order valence-corrected chi connectivity index (χ2v) is 12.9. The molecular weight excluding hydrogens is 401 g/mol. The number of halogens is 4. The first-order valence-electron chi connectivity index (χ1n) is 7.60. The first kappa shape index (κ1) is 21.4. The van der Waals surface area contributed by atoms with Crippen molar-refractivity contribution in [3.8, 4) is 0 Å². The van der Waals surface area contributed by atoms with E-state index < -0.39 is 32.8 Å². The summed E-state index contributed by atoms with van der Waals surface area (Å²) >= 11 is 2.95. The molecule has 0 heterocycles. The van der Waals surface area contributed by atoms with Crippen LogP contribution in [0.4, 0.5) is 13.2 Å². The predicted octanol–water partition coefficient (Wildman–Crippen LogP) is 5.95. The van der Waals surface area contributed by atoms with E-state index in [2.05, 4.69) is 15.9 Å². The van der Waals surface area contributed by atoms with Crippen molar-refractivity contribution in [1.82, 2.24) is 0 Å². The third-order valence-corrected chi connectivity index (χ3v) is 9.76. The number of aliphatic hydroxyl groups excluding tert-OH is 1. The number of hydrogen-bond donors (Lipinski definition) is 1. The molecular formula is C17H24BrF3O2Si. The zero-order chi connectivity index (χ0) is 18.8. The Morgan fingerprint density at radius 3 is 2.08 bits per heavy atom. The van der Waals surface area contributed by atoms with Crippen LogP contribution in [0, 0.1) is 0 Å². The molecule has 0 aliphatic carbocycles. The van der Waals surface area contributed by atoms with E-state index in [0.717, 1.165) is 0 Å². The molecule has 2 nitrogen and oxygen atoms in total. The summed E-state index contributed by atoms with van der Waals surface area (Å²) in [5.74, 6) is 0. The molecule has 0 amide bonds. The highest BCUT2D eigenvalue weighted by molar-refractivity contribution is 9.11. The average Bonchev–Trinajstić information content (AvgIpc) is 2.44. The van der Waals surface area contributed by atoms with Gasteiger partial charge in [-0.2, -0.15) is 13.2 Å². The quantitative estimate of drug-likeness (QED) is 0.591. The fourth-order valence-corrected chi connectivity index (χ4v) is 3.24. The van der Waals surface area contributed by atoms with E-state index in [9.17, 15) is 18.3 Å². The van der Waals surface area contributed by atoms with E-state index in [1.807, 2.05) is 33.9 Å². The Hall–Kier alpha value is -0.633. The monoisotopic (exact) mass is 424 g/mol. The van der Waals surface area contributed by atoms with Crippen LogP contribution in [0.3, 0.4) is 0 Å². The Kier molecular flexibility index (Phi) is 6.89. The third-order valence-electron chi connectivity index (χ3n) is 4.37. The molecule has 7 heteroatoms. The van der Waals surface area contributed by atoms with E-state index in [4.69, 9.17) is 4.43 Å². The molecule has 1 aromatic rings. The van der Waals surface area contributed by atoms with Crippen LogP contribution in [0.25, 0.3) is 0 Å². The molecule has 1 atom stereocenters. The minimum absolute atomic E-state index is 0.200. The van der Waals surface area contributed by atoms with Gasteiger partial charge < -0.3 is 9.53 Å². The van der Waals surface area contributed by atoms with E-state index in [1.54, 1.807) is 30.3 Å². The van der Waals surface area contributed by atoms with E-state index in [0.29, 0.717) is 5.56 Å². The Morgan fingerprint density at radius 2 is 1.67 bits per heavy atom. The smallest absolute Gasteiger partial charge is 0.413 e. The number of hydrogen-bond acceptors (Lipinski definition) is 2. The molecule has 1 N–H and O–H groups in total. The van der Waals surface area contributed by atoms with Gasteiger partial charge in [0.1, 0.15) is 6.10 Å². The van der Waals surface area contributed by atoms with Crippen molar-refractivity contribution in [3.05, 3.63) is 46.0 Å². The van der Waals surface area contributed by atoms with E-state index in [-0.39, 0.29) is 9.52 Å². The summed E-state index contributed by atoms with van der Waals surface area (Å²) in [5.41, 5.74) is -0.498. The Bertz CT molecular complexity index is 578. The molecule has 1 rings (SSSR count). The molecule has 0 aromatic heterocycles. The van der Waals surface area contributed by atoms with Crippen molar-refractivity contribution in [1.29, 1.82) is 0 Å². The SMILES string of the molecule is CC(C)(C)[Si](C)(C)OC/C(=C(\Br)C(O)c1ccccc1)C(F)(F)F. The molecule has 1 aromatic carbocycles. The second-order valence-electron chi connectivity index (χ2n) is 7.19. The average molecular weight is 425 g/mol. The molecule has 0 bridgehead atoms. The topological polar surface area (TPSA) is 29.5 Å². The maximum atomic E-state index is 13.5. The lowest BCUT2D eigenvalue weighted by atomic mass is 10.1. The molecule has 136 valence electrons. The van der Waals surface area contributed by atoms with Gasteiger partial charge in [0.25, 0.3) is 0 Å². The summed E-state index contributed by atoms with van der Waals surface area (Å²) in [6.45, 7) is 9.09. The van der Waals surface area contributed by atoms with Crippen molar-refractivity contribution < 1.29 is 22.7 Å².